The Morgan fingerprint density at radius 2 is 1.55 bits per heavy atom. The minimum atomic E-state index is 0.410. The molecule has 0 radical (unpaired) electrons. The van der Waals surface area contributed by atoms with Gasteiger partial charge in [0.15, 0.2) is 0 Å². The molecule has 0 aliphatic heterocycles. The maximum Gasteiger partial charge on any atom is 0.0998 e. The fraction of sp³-hybridized carbons (Fsp3) is 0.118. The zero-order chi connectivity index (χ0) is 14.4. The van der Waals surface area contributed by atoms with Crippen LogP contribution in [0.3, 0.4) is 0 Å². The highest BCUT2D eigenvalue weighted by molar-refractivity contribution is 5.91. The van der Waals surface area contributed by atoms with E-state index in [-0.39, 0.29) is 0 Å². The first-order chi connectivity index (χ1) is 9.80. The van der Waals surface area contributed by atoms with Crippen LogP contribution in [0.4, 0.5) is 0 Å². The van der Waals surface area contributed by atoms with E-state index < -0.39 is 0 Å². The molecular weight excluding hydrogens is 246 g/mol. The molecule has 0 saturated heterocycles. The molecule has 0 aromatic heterocycles. The summed E-state index contributed by atoms with van der Waals surface area (Å²) in [5.41, 5.74) is 15.9. The molecule has 0 unspecified atom stereocenters. The minimum Gasteiger partial charge on any atom is -0.326 e. The standard InChI is InChI=1S/C17H17N3/c18-10-14-6-2-1-5-13(14)9-16(12-20)17-8-4-3-7-15(17)11-19/h1-9H,10-11,18-19H2. The largest absolute Gasteiger partial charge is 0.326 e. The third kappa shape index (κ3) is 2.94. The molecule has 2 rings (SSSR count). The predicted octanol–water partition coefficient (Wildman–Crippen LogP) is 2.67. The average Bonchev–Trinajstić information content (AvgIpc) is 2.53. The Morgan fingerprint density at radius 1 is 0.950 bits per heavy atom. The summed E-state index contributed by atoms with van der Waals surface area (Å²) in [7, 11) is 0. The SMILES string of the molecule is N#CC(=Cc1ccccc1CN)c1ccccc1CN. The first-order valence-corrected chi connectivity index (χ1v) is 6.48. The van der Waals surface area contributed by atoms with Gasteiger partial charge in [-0.3, -0.25) is 0 Å². The molecule has 100 valence electrons. The van der Waals surface area contributed by atoms with Crippen molar-refractivity contribution in [2.45, 2.75) is 13.1 Å². The summed E-state index contributed by atoms with van der Waals surface area (Å²) in [5.74, 6) is 0. The summed E-state index contributed by atoms with van der Waals surface area (Å²) < 4.78 is 0. The Morgan fingerprint density at radius 3 is 2.20 bits per heavy atom. The van der Waals surface area contributed by atoms with Gasteiger partial charge in [0, 0.05) is 13.1 Å². The smallest absolute Gasteiger partial charge is 0.0998 e. The lowest BCUT2D eigenvalue weighted by atomic mass is 9.97. The summed E-state index contributed by atoms with van der Waals surface area (Å²) in [5, 5.41) is 9.43. The highest BCUT2D eigenvalue weighted by atomic mass is 14.5. The van der Waals surface area contributed by atoms with E-state index in [0.29, 0.717) is 18.7 Å². The number of rotatable bonds is 4. The van der Waals surface area contributed by atoms with Gasteiger partial charge in [-0.05, 0) is 28.3 Å². The highest BCUT2D eigenvalue weighted by Gasteiger charge is 2.07. The number of allylic oxidation sites excluding steroid dienone is 1. The molecule has 4 N–H and O–H groups in total. The van der Waals surface area contributed by atoms with Crippen molar-refractivity contribution < 1.29 is 0 Å². The number of nitriles is 1. The number of hydrogen-bond donors (Lipinski definition) is 2. The van der Waals surface area contributed by atoms with Gasteiger partial charge >= 0.3 is 0 Å². The minimum absolute atomic E-state index is 0.410. The molecule has 0 fully saturated rings. The van der Waals surface area contributed by atoms with Gasteiger partial charge in [0.1, 0.15) is 0 Å². The third-order valence-electron chi connectivity index (χ3n) is 3.22. The molecule has 0 atom stereocenters. The fourth-order valence-corrected chi connectivity index (χ4v) is 2.15. The topological polar surface area (TPSA) is 75.8 Å². The predicted molar refractivity (Wildman–Crippen MR) is 82.2 cm³/mol. The molecule has 0 amide bonds. The van der Waals surface area contributed by atoms with Crippen molar-refractivity contribution >= 4 is 11.6 Å². The van der Waals surface area contributed by atoms with Crippen LogP contribution in [-0.4, -0.2) is 0 Å². The molecule has 20 heavy (non-hydrogen) atoms. The summed E-state index contributed by atoms with van der Waals surface area (Å²) in [6, 6.07) is 17.8. The van der Waals surface area contributed by atoms with Gasteiger partial charge in [0.05, 0.1) is 11.6 Å². The fourth-order valence-electron chi connectivity index (χ4n) is 2.15. The lowest BCUT2D eigenvalue weighted by molar-refractivity contribution is 1.06. The van der Waals surface area contributed by atoms with Crippen molar-refractivity contribution in [2.24, 2.45) is 11.5 Å². The highest BCUT2D eigenvalue weighted by Crippen LogP contribution is 2.22. The van der Waals surface area contributed by atoms with Crippen LogP contribution in [-0.2, 0) is 13.1 Å². The third-order valence-corrected chi connectivity index (χ3v) is 3.22. The average molecular weight is 263 g/mol. The second-order valence-corrected chi connectivity index (χ2v) is 4.43. The van der Waals surface area contributed by atoms with E-state index in [1.807, 2.05) is 54.6 Å². The van der Waals surface area contributed by atoms with Gasteiger partial charge in [0.25, 0.3) is 0 Å². The van der Waals surface area contributed by atoms with Crippen molar-refractivity contribution in [3.63, 3.8) is 0 Å². The van der Waals surface area contributed by atoms with Gasteiger partial charge < -0.3 is 11.5 Å². The zero-order valence-corrected chi connectivity index (χ0v) is 11.2. The maximum absolute atomic E-state index is 9.43. The number of benzene rings is 2. The number of nitrogens with zero attached hydrogens (tertiary/aromatic N) is 1. The first kappa shape index (κ1) is 14.0. The van der Waals surface area contributed by atoms with Crippen LogP contribution in [0.15, 0.2) is 48.5 Å². The zero-order valence-electron chi connectivity index (χ0n) is 11.2. The lowest BCUT2D eigenvalue weighted by Gasteiger charge is -2.08. The van der Waals surface area contributed by atoms with Gasteiger partial charge in [-0.2, -0.15) is 5.26 Å². The number of nitrogens with two attached hydrogens (primary N) is 2. The molecule has 3 heteroatoms. The van der Waals surface area contributed by atoms with Crippen LogP contribution in [0.5, 0.6) is 0 Å². The molecule has 0 aliphatic carbocycles. The Labute approximate surface area is 119 Å². The van der Waals surface area contributed by atoms with Crippen molar-refractivity contribution in [3.8, 4) is 6.07 Å². The summed E-state index contributed by atoms with van der Waals surface area (Å²) in [6.07, 6.45) is 1.87. The van der Waals surface area contributed by atoms with Gasteiger partial charge in [-0.15, -0.1) is 0 Å². The second-order valence-electron chi connectivity index (χ2n) is 4.43. The van der Waals surface area contributed by atoms with Crippen LogP contribution in [0.25, 0.3) is 11.6 Å². The van der Waals surface area contributed by atoms with Crippen molar-refractivity contribution in [2.75, 3.05) is 0 Å². The quantitative estimate of drug-likeness (QED) is 0.657. The normalized spacial score (nSPS) is 11.2. The maximum atomic E-state index is 9.43. The molecule has 2 aromatic rings. The van der Waals surface area contributed by atoms with Crippen LogP contribution < -0.4 is 11.5 Å². The van der Waals surface area contributed by atoms with E-state index >= 15 is 0 Å². The molecule has 0 heterocycles. The summed E-state index contributed by atoms with van der Waals surface area (Å²) >= 11 is 0. The molecule has 2 aromatic carbocycles. The van der Waals surface area contributed by atoms with Crippen LogP contribution in [0.2, 0.25) is 0 Å². The summed E-state index contributed by atoms with van der Waals surface area (Å²) in [6.45, 7) is 0.859. The van der Waals surface area contributed by atoms with E-state index in [9.17, 15) is 5.26 Å². The van der Waals surface area contributed by atoms with E-state index in [0.717, 1.165) is 22.3 Å². The van der Waals surface area contributed by atoms with Crippen molar-refractivity contribution in [1.82, 2.24) is 0 Å². The van der Waals surface area contributed by atoms with Crippen LogP contribution >= 0.6 is 0 Å². The van der Waals surface area contributed by atoms with E-state index in [2.05, 4.69) is 6.07 Å². The molecular formula is C17H17N3. The monoisotopic (exact) mass is 263 g/mol. The Bertz CT molecular complexity index is 666. The van der Waals surface area contributed by atoms with Crippen molar-refractivity contribution in [3.05, 3.63) is 70.8 Å². The molecule has 0 aliphatic rings. The lowest BCUT2D eigenvalue weighted by Crippen LogP contribution is -2.01. The molecule has 3 nitrogen and oxygen atoms in total. The van der Waals surface area contributed by atoms with Gasteiger partial charge in [-0.1, -0.05) is 48.5 Å². The van der Waals surface area contributed by atoms with Crippen LogP contribution in [0.1, 0.15) is 22.3 Å². The number of hydrogen-bond acceptors (Lipinski definition) is 3. The van der Waals surface area contributed by atoms with Gasteiger partial charge in [0.2, 0.25) is 0 Å². The second kappa shape index (κ2) is 6.67. The van der Waals surface area contributed by atoms with E-state index in [1.165, 1.54) is 0 Å². The Hall–Kier alpha value is -2.41. The van der Waals surface area contributed by atoms with E-state index in [1.54, 1.807) is 0 Å². The summed E-state index contributed by atoms with van der Waals surface area (Å²) in [4.78, 5) is 0. The van der Waals surface area contributed by atoms with Crippen molar-refractivity contribution in [1.29, 1.82) is 5.26 Å². The van der Waals surface area contributed by atoms with Crippen LogP contribution in [0, 0.1) is 11.3 Å². The molecule has 0 bridgehead atoms. The van der Waals surface area contributed by atoms with E-state index in [4.69, 9.17) is 11.5 Å². The molecule has 0 saturated carbocycles. The Balaban J connectivity index is 2.52. The first-order valence-electron chi connectivity index (χ1n) is 6.48. The molecule has 0 spiro atoms. The van der Waals surface area contributed by atoms with Gasteiger partial charge in [-0.25, -0.2) is 0 Å². The Kier molecular flexibility index (Phi) is 4.67.